The van der Waals surface area contributed by atoms with Gasteiger partial charge in [0.1, 0.15) is 28.8 Å². The summed E-state index contributed by atoms with van der Waals surface area (Å²) in [4.78, 5) is 23.4. The van der Waals surface area contributed by atoms with Gasteiger partial charge in [0.15, 0.2) is 0 Å². The Balaban J connectivity index is 1.93. The van der Waals surface area contributed by atoms with Gasteiger partial charge in [-0.2, -0.15) is 0 Å². The van der Waals surface area contributed by atoms with Crippen molar-refractivity contribution in [3.63, 3.8) is 0 Å². The SMILES string of the molecule is CC=C(C)C(=O)OC(C)(C)C1Cc2c(cc3oc(=O)ccc3c2O)O1. The van der Waals surface area contributed by atoms with E-state index in [0.717, 1.165) is 0 Å². The molecule has 0 amide bonds. The molecule has 6 nitrogen and oxygen atoms in total. The smallest absolute Gasteiger partial charge is 0.336 e. The molecule has 1 unspecified atom stereocenters. The molecular weight excluding hydrogens is 324 g/mol. The predicted octanol–water partition coefficient (Wildman–Crippen LogP) is 3.09. The normalized spacial score (nSPS) is 17.3. The van der Waals surface area contributed by atoms with Crippen molar-refractivity contribution in [1.29, 1.82) is 0 Å². The molecule has 1 aromatic carbocycles. The van der Waals surface area contributed by atoms with Crippen LogP contribution in [0.1, 0.15) is 33.3 Å². The molecule has 1 aliphatic rings. The second kappa shape index (κ2) is 5.95. The van der Waals surface area contributed by atoms with Gasteiger partial charge in [-0.05, 0) is 33.8 Å². The molecule has 0 saturated carbocycles. The number of rotatable bonds is 3. The van der Waals surface area contributed by atoms with Crippen molar-refractivity contribution >= 4 is 16.9 Å². The number of aromatic hydroxyl groups is 1. The molecule has 2 heterocycles. The lowest BCUT2D eigenvalue weighted by Gasteiger charge is -2.30. The predicted molar refractivity (Wildman–Crippen MR) is 91.9 cm³/mol. The van der Waals surface area contributed by atoms with Crippen LogP contribution in [0.25, 0.3) is 11.0 Å². The maximum absolute atomic E-state index is 12.1. The third-order valence-electron chi connectivity index (χ3n) is 4.51. The summed E-state index contributed by atoms with van der Waals surface area (Å²) in [6.45, 7) is 6.98. The van der Waals surface area contributed by atoms with Gasteiger partial charge in [-0.3, -0.25) is 0 Å². The molecule has 6 heteroatoms. The first kappa shape index (κ1) is 17.1. The number of ether oxygens (including phenoxy) is 2. The van der Waals surface area contributed by atoms with Crippen LogP contribution in [0.5, 0.6) is 11.5 Å². The number of hydrogen-bond acceptors (Lipinski definition) is 6. The lowest BCUT2D eigenvalue weighted by atomic mass is 9.95. The zero-order chi connectivity index (χ0) is 18.4. The average Bonchev–Trinajstić information content (AvgIpc) is 2.98. The van der Waals surface area contributed by atoms with Gasteiger partial charge in [-0.15, -0.1) is 0 Å². The molecule has 1 aromatic heterocycles. The number of carbonyl (C=O) groups is 1. The fraction of sp³-hybridized carbons (Fsp3) is 0.368. The first-order valence-corrected chi connectivity index (χ1v) is 8.04. The van der Waals surface area contributed by atoms with E-state index in [-0.39, 0.29) is 11.3 Å². The van der Waals surface area contributed by atoms with Gasteiger partial charge in [0, 0.05) is 29.7 Å². The molecule has 0 saturated heterocycles. The Bertz CT molecular complexity index is 935. The Hall–Kier alpha value is -2.76. The average molecular weight is 344 g/mol. The van der Waals surface area contributed by atoms with Crippen molar-refractivity contribution in [2.24, 2.45) is 0 Å². The van der Waals surface area contributed by atoms with Gasteiger partial charge < -0.3 is 19.0 Å². The minimum Gasteiger partial charge on any atom is -0.507 e. The molecule has 3 rings (SSSR count). The number of allylic oxidation sites excluding steroid dienone is 1. The van der Waals surface area contributed by atoms with Crippen LogP contribution in [0.2, 0.25) is 0 Å². The fourth-order valence-electron chi connectivity index (χ4n) is 2.79. The molecule has 0 radical (unpaired) electrons. The number of benzene rings is 1. The molecule has 1 aliphatic heterocycles. The summed E-state index contributed by atoms with van der Waals surface area (Å²) in [7, 11) is 0. The van der Waals surface area contributed by atoms with Gasteiger partial charge in [-0.25, -0.2) is 9.59 Å². The molecule has 0 fully saturated rings. The molecule has 132 valence electrons. The van der Waals surface area contributed by atoms with Crippen LogP contribution in [0.4, 0.5) is 0 Å². The number of carbonyl (C=O) groups excluding carboxylic acids is 1. The monoisotopic (exact) mass is 344 g/mol. The Kier molecular flexibility index (Phi) is 4.06. The van der Waals surface area contributed by atoms with E-state index in [0.29, 0.717) is 28.7 Å². The zero-order valence-electron chi connectivity index (χ0n) is 14.6. The number of esters is 1. The van der Waals surface area contributed by atoms with Gasteiger partial charge in [0.25, 0.3) is 0 Å². The van der Waals surface area contributed by atoms with E-state index < -0.39 is 23.3 Å². The van der Waals surface area contributed by atoms with Gasteiger partial charge in [-0.1, -0.05) is 6.08 Å². The van der Waals surface area contributed by atoms with Crippen LogP contribution in [0, 0.1) is 0 Å². The molecule has 1 N–H and O–H groups in total. The highest BCUT2D eigenvalue weighted by atomic mass is 16.6. The molecule has 0 aliphatic carbocycles. The van der Waals surface area contributed by atoms with E-state index in [9.17, 15) is 14.7 Å². The maximum Gasteiger partial charge on any atom is 0.336 e. The summed E-state index contributed by atoms with van der Waals surface area (Å²) >= 11 is 0. The minimum atomic E-state index is -0.903. The van der Waals surface area contributed by atoms with Crippen molar-refractivity contribution in [3.05, 3.63) is 45.8 Å². The van der Waals surface area contributed by atoms with Crippen molar-refractivity contribution < 1.29 is 23.8 Å². The Morgan fingerprint density at radius 3 is 2.80 bits per heavy atom. The highest BCUT2D eigenvalue weighted by molar-refractivity contribution is 5.88. The van der Waals surface area contributed by atoms with Crippen molar-refractivity contribution in [1.82, 2.24) is 0 Å². The number of phenols is 1. The zero-order valence-corrected chi connectivity index (χ0v) is 14.6. The summed E-state index contributed by atoms with van der Waals surface area (Å²) < 4.78 is 16.6. The lowest BCUT2D eigenvalue weighted by molar-refractivity contribution is -0.159. The molecule has 0 bridgehead atoms. The Labute approximate surface area is 144 Å². The maximum atomic E-state index is 12.1. The molecule has 1 atom stereocenters. The second-order valence-corrected chi connectivity index (χ2v) is 6.64. The number of fused-ring (bicyclic) bond motifs is 2. The van der Waals surface area contributed by atoms with E-state index in [1.807, 2.05) is 0 Å². The van der Waals surface area contributed by atoms with Crippen LogP contribution in [0.15, 0.2) is 39.1 Å². The first-order chi connectivity index (χ1) is 11.7. The highest BCUT2D eigenvalue weighted by Crippen LogP contribution is 2.43. The van der Waals surface area contributed by atoms with E-state index in [4.69, 9.17) is 13.9 Å². The summed E-state index contributed by atoms with van der Waals surface area (Å²) in [5, 5.41) is 10.9. The topological polar surface area (TPSA) is 86.0 Å². The van der Waals surface area contributed by atoms with E-state index in [2.05, 4.69) is 0 Å². The summed E-state index contributed by atoms with van der Waals surface area (Å²) in [6.07, 6.45) is 1.60. The van der Waals surface area contributed by atoms with Crippen LogP contribution in [-0.4, -0.2) is 22.8 Å². The Morgan fingerprint density at radius 1 is 1.40 bits per heavy atom. The van der Waals surface area contributed by atoms with Crippen molar-refractivity contribution in [3.8, 4) is 11.5 Å². The van der Waals surface area contributed by atoms with Crippen LogP contribution in [-0.2, 0) is 16.0 Å². The Morgan fingerprint density at radius 2 is 2.12 bits per heavy atom. The third-order valence-corrected chi connectivity index (χ3v) is 4.51. The van der Waals surface area contributed by atoms with Crippen molar-refractivity contribution in [2.45, 2.75) is 45.8 Å². The van der Waals surface area contributed by atoms with Crippen LogP contribution in [0.3, 0.4) is 0 Å². The van der Waals surface area contributed by atoms with E-state index in [1.165, 1.54) is 12.1 Å². The quantitative estimate of drug-likeness (QED) is 0.523. The van der Waals surface area contributed by atoms with Crippen LogP contribution < -0.4 is 10.4 Å². The largest absolute Gasteiger partial charge is 0.507 e. The van der Waals surface area contributed by atoms with E-state index >= 15 is 0 Å². The summed E-state index contributed by atoms with van der Waals surface area (Å²) in [6, 6.07) is 4.36. The highest BCUT2D eigenvalue weighted by Gasteiger charge is 2.41. The molecular formula is C19H20O6. The third kappa shape index (κ3) is 2.99. The van der Waals surface area contributed by atoms with E-state index in [1.54, 1.807) is 39.8 Å². The summed E-state index contributed by atoms with van der Waals surface area (Å²) in [5.41, 5.74) is -0.0292. The number of phenolic OH excluding ortho intramolecular Hbond substituents is 1. The molecule has 25 heavy (non-hydrogen) atoms. The van der Waals surface area contributed by atoms with Crippen LogP contribution >= 0.6 is 0 Å². The van der Waals surface area contributed by atoms with Gasteiger partial charge >= 0.3 is 11.6 Å². The van der Waals surface area contributed by atoms with Gasteiger partial charge in [0.05, 0.1) is 5.39 Å². The van der Waals surface area contributed by atoms with Crippen molar-refractivity contribution in [2.75, 3.05) is 0 Å². The standard InChI is InChI=1S/C19H20O6/c1-5-10(2)18(22)25-19(3,4)15-8-12-14(23-15)9-13-11(17(12)21)6-7-16(20)24-13/h5-7,9,15,21H,8H2,1-4H3. The second-order valence-electron chi connectivity index (χ2n) is 6.64. The molecule has 0 spiro atoms. The lowest BCUT2D eigenvalue weighted by Crippen LogP contribution is -2.43. The fourth-order valence-corrected chi connectivity index (χ4v) is 2.79. The van der Waals surface area contributed by atoms with Gasteiger partial charge in [0.2, 0.25) is 0 Å². The first-order valence-electron chi connectivity index (χ1n) is 8.04. The minimum absolute atomic E-state index is 0.0190. The summed E-state index contributed by atoms with van der Waals surface area (Å²) in [5.74, 6) is 0.0363. The number of hydrogen-bond donors (Lipinski definition) is 1. The molecule has 2 aromatic rings.